The number of hydrogen-bond donors (Lipinski definition) is 5. The second-order valence-corrected chi connectivity index (χ2v) is 10.7. The number of aryl methyl sites for hydroxylation is 1. The number of carboxylic acid groups (broad SMARTS) is 2. The van der Waals surface area contributed by atoms with Crippen molar-refractivity contribution >= 4 is 11.9 Å². The summed E-state index contributed by atoms with van der Waals surface area (Å²) in [6.07, 6.45) is -2.36. The maximum atomic E-state index is 11.8. The van der Waals surface area contributed by atoms with Crippen LogP contribution in [0.15, 0.2) is 23.8 Å². The highest BCUT2D eigenvalue weighted by atomic mass is 16.7. The Morgan fingerprint density at radius 2 is 1.81 bits per heavy atom. The maximum Gasteiger partial charge on any atom is 0.335 e. The highest BCUT2D eigenvalue weighted by Gasteiger charge is 2.50. The summed E-state index contributed by atoms with van der Waals surface area (Å²) in [7, 11) is 0. The lowest BCUT2D eigenvalue weighted by Crippen LogP contribution is -2.61. The third-order valence-corrected chi connectivity index (χ3v) is 7.70. The predicted octanol–water partition coefficient (Wildman–Crippen LogP) is 2.37. The Labute approximate surface area is 215 Å². The third-order valence-electron chi connectivity index (χ3n) is 7.70. The Bertz CT molecular complexity index is 1060. The van der Waals surface area contributed by atoms with Crippen LogP contribution in [0.5, 0.6) is 11.5 Å². The third kappa shape index (κ3) is 5.34. The Balaban J connectivity index is 1.79. The summed E-state index contributed by atoms with van der Waals surface area (Å²) in [5.74, 6) is -2.14. The van der Waals surface area contributed by atoms with Crippen molar-refractivity contribution < 1.29 is 49.3 Å². The molecule has 0 bridgehead atoms. The molecule has 4 rings (SSSR count). The predicted molar refractivity (Wildman–Crippen MR) is 131 cm³/mol. The quantitative estimate of drug-likeness (QED) is 0.322. The lowest BCUT2D eigenvalue weighted by Gasteiger charge is -2.47. The minimum atomic E-state index is -1.84. The molecule has 2 aliphatic heterocycles. The number of allylic oxidation sites excluding steroid dienone is 1. The number of aliphatic carboxylic acids is 2. The molecule has 3 aliphatic rings. The number of unbranched alkanes of at least 4 members (excludes halogenated alkanes) is 2. The first-order valence-electron chi connectivity index (χ1n) is 12.8. The molecular weight excluding hydrogens is 484 g/mol. The largest absolute Gasteiger partial charge is 0.487 e. The fraction of sp³-hybridized carbons (Fsp3) is 0.630. The van der Waals surface area contributed by atoms with Gasteiger partial charge < -0.3 is 39.7 Å². The van der Waals surface area contributed by atoms with Gasteiger partial charge in [-0.15, -0.1) is 0 Å². The van der Waals surface area contributed by atoms with E-state index in [-0.39, 0.29) is 17.6 Å². The first-order chi connectivity index (χ1) is 17.4. The molecule has 1 aliphatic carbocycles. The number of aliphatic hydroxyl groups is 3. The normalized spacial score (nSPS) is 32.4. The van der Waals surface area contributed by atoms with Gasteiger partial charge in [0.05, 0.1) is 0 Å². The number of benzene rings is 1. The van der Waals surface area contributed by atoms with Crippen LogP contribution in [0.2, 0.25) is 0 Å². The van der Waals surface area contributed by atoms with E-state index in [4.69, 9.17) is 14.2 Å². The Morgan fingerprint density at radius 1 is 1.08 bits per heavy atom. The van der Waals surface area contributed by atoms with Crippen LogP contribution in [0.25, 0.3) is 0 Å². The van der Waals surface area contributed by atoms with Crippen molar-refractivity contribution in [2.75, 3.05) is 0 Å². The molecule has 0 saturated carbocycles. The summed E-state index contributed by atoms with van der Waals surface area (Å²) >= 11 is 0. The Kier molecular flexibility index (Phi) is 7.85. The second kappa shape index (κ2) is 10.6. The number of fused-ring (bicyclic) bond motifs is 3. The van der Waals surface area contributed by atoms with Crippen molar-refractivity contribution in [3.63, 3.8) is 0 Å². The molecule has 1 fully saturated rings. The van der Waals surface area contributed by atoms with E-state index < -0.39 is 48.2 Å². The first kappa shape index (κ1) is 27.4. The highest BCUT2D eigenvalue weighted by Crippen LogP contribution is 2.54. The number of aliphatic hydroxyl groups excluding tert-OH is 3. The number of rotatable bonds is 8. The SMILES string of the molecule is CCCCCc1cc(O[C@H]2O[C@H](C(=O)O)[C@@H](O)[C@H](O)[C@H]2O)c2c(c1)OC(C)(C)C1CCC(C(=O)O)=CC21. The molecule has 2 unspecified atom stereocenters. The number of hydrogen-bond acceptors (Lipinski definition) is 8. The number of ether oxygens (including phenoxy) is 3. The minimum Gasteiger partial charge on any atom is -0.487 e. The van der Waals surface area contributed by atoms with Crippen molar-refractivity contribution in [2.24, 2.45) is 5.92 Å². The van der Waals surface area contributed by atoms with Crippen LogP contribution >= 0.6 is 0 Å². The zero-order valence-corrected chi connectivity index (χ0v) is 21.3. The monoisotopic (exact) mass is 520 g/mol. The fourth-order valence-electron chi connectivity index (χ4n) is 5.67. The second-order valence-electron chi connectivity index (χ2n) is 10.7. The van der Waals surface area contributed by atoms with Crippen LogP contribution in [0.1, 0.15) is 69.9 Å². The van der Waals surface area contributed by atoms with Crippen LogP contribution < -0.4 is 9.47 Å². The first-order valence-corrected chi connectivity index (χ1v) is 12.8. The molecule has 0 aromatic heterocycles. The molecule has 37 heavy (non-hydrogen) atoms. The van der Waals surface area contributed by atoms with Gasteiger partial charge in [0.25, 0.3) is 0 Å². The molecule has 5 N–H and O–H groups in total. The van der Waals surface area contributed by atoms with Gasteiger partial charge in [-0.25, -0.2) is 9.59 Å². The van der Waals surface area contributed by atoms with Crippen molar-refractivity contribution in [1.82, 2.24) is 0 Å². The molecule has 7 atom stereocenters. The summed E-state index contributed by atoms with van der Waals surface area (Å²) in [4.78, 5) is 23.4. The Morgan fingerprint density at radius 3 is 2.46 bits per heavy atom. The van der Waals surface area contributed by atoms with E-state index >= 15 is 0 Å². The topological polar surface area (TPSA) is 163 Å². The summed E-state index contributed by atoms with van der Waals surface area (Å²) in [5, 5.41) is 50.0. The zero-order valence-electron chi connectivity index (χ0n) is 21.3. The van der Waals surface area contributed by atoms with E-state index in [1.807, 2.05) is 19.9 Å². The minimum absolute atomic E-state index is 0.0623. The highest BCUT2D eigenvalue weighted by molar-refractivity contribution is 5.87. The van der Waals surface area contributed by atoms with E-state index in [0.717, 1.165) is 31.2 Å². The van der Waals surface area contributed by atoms with Gasteiger partial charge in [-0.2, -0.15) is 0 Å². The van der Waals surface area contributed by atoms with Crippen LogP contribution in [-0.4, -0.2) is 73.8 Å². The van der Waals surface area contributed by atoms with Crippen LogP contribution in [-0.2, 0) is 20.7 Å². The van der Waals surface area contributed by atoms with Crippen LogP contribution in [0, 0.1) is 5.92 Å². The molecule has 1 aromatic rings. The van der Waals surface area contributed by atoms with Gasteiger partial charge in [0, 0.05) is 23.0 Å². The van der Waals surface area contributed by atoms with Gasteiger partial charge in [-0.3, -0.25) is 0 Å². The molecule has 0 spiro atoms. The van der Waals surface area contributed by atoms with E-state index in [1.165, 1.54) is 0 Å². The van der Waals surface area contributed by atoms with Crippen LogP contribution in [0.4, 0.5) is 0 Å². The average molecular weight is 521 g/mol. The summed E-state index contributed by atoms with van der Waals surface area (Å²) < 4.78 is 17.9. The fourth-order valence-corrected chi connectivity index (χ4v) is 5.67. The van der Waals surface area contributed by atoms with Gasteiger partial charge in [0.2, 0.25) is 6.29 Å². The smallest absolute Gasteiger partial charge is 0.335 e. The van der Waals surface area contributed by atoms with E-state index in [0.29, 0.717) is 29.7 Å². The van der Waals surface area contributed by atoms with E-state index in [9.17, 15) is 35.1 Å². The number of carboxylic acids is 2. The van der Waals surface area contributed by atoms with Gasteiger partial charge >= 0.3 is 11.9 Å². The summed E-state index contributed by atoms with van der Waals surface area (Å²) in [6.45, 7) is 6.05. The maximum absolute atomic E-state index is 11.8. The van der Waals surface area contributed by atoms with Crippen molar-refractivity contribution in [2.45, 2.75) is 102 Å². The standard InChI is InChI=1S/C27H36O10/c1-4-5-6-7-13-10-17(35-26-22(30)20(28)21(29)23(36-26)25(33)34)19-15-12-14(24(31)32)8-9-16(15)27(2,3)37-18(19)11-13/h10-12,15-16,20-23,26,28-30H,4-9H2,1-3H3,(H,31,32)(H,33,34)/t15?,16?,20-,21-,22+,23-,26-/m0/s1. The molecule has 0 amide bonds. The molecular formula is C27H36O10. The van der Waals surface area contributed by atoms with Crippen molar-refractivity contribution in [1.29, 1.82) is 0 Å². The molecule has 2 heterocycles. The number of carbonyl (C=O) groups is 2. The van der Waals surface area contributed by atoms with Gasteiger partial charge in [0.1, 0.15) is 35.4 Å². The van der Waals surface area contributed by atoms with Gasteiger partial charge in [-0.05, 0) is 57.2 Å². The zero-order chi connectivity index (χ0) is 27.1. The lowest BCUT2D eigenvalue weighted by atomic mass is 9.67. The molecule has 1 aromatic carbocycles. The van der Waals surface area contributed by atoms with E-state index in [1.54, 1.807) is 12.1 Å². The molecule has 1 saturated heterocycles. The average Bonchev–Trinajstić information content (AvgIpc) is 2.83. The summed E-state index contributed by atoms with van der Waals surface area (Å²) in [5.41, 5.74) is 1.19. The van der Waals surface area contributed by atoms with Crippen molar-refractivity contribution in [3.05, 3.63) is 34.9 Å². The van der Waals surface area contributed by atoms with Crippen molar-refractivity contribution in [3.8, 4) is 11.5 Å². The molecule has 204 valence electrons. The molecule has 10 heteroatoms. The Hall–Kier alpha value is -2.66. The lowest BCUT2D eigenvalue weighted by molar-refractivity contribution is -0.271. The van der Waals surface area contributed by atoms with Crippen LogP contribution in [0.3, 0.4) is 0 Å². The van der Waals surface area contributed by atoms with Gasteiger partial charge in [-0.1, -0.05) is 25.8 Å². The van der Waals surface area contributed by atoms with E-state index in [2.05, 4.69) is 6.92 Å². The summed E-state index contributed by atoms with van der Waals surface area (Å²) in [6, 6.07) is 3.70. The van der Waals surface area contributed by atoms with Gasteiger partial charge in [0.15, 0.2) is 6.10 Å². The molecule has 10 nitrogen and oxygen atoms in total. The molecule has 0 radical (unpaired) electrons.